The first-order valence-electron chi connectivity index (χ1n) is 7.56. The van der Waals surface area contributed by atoms with E-state index in [0.717, 1.165) is 11.3 Å². The number of aliphatic carboxylic acids is 1. The summed E-state index contributed by atoms with van der Waals surface area (Å²) in [5, 5.41) is 13.0. The van der Waals surface area contributed by atoms with Gasteiger partial charge < -0.3 is 19.9 Å². The molecule has 2 rings (SSSR count). The van der Waals surface area contributed by atoms with Gasteiger partial charge in [-0.3, -0.25) is 4.79 Å². The molecule has 0 saturated carbocycles. The fourth-order valence-electron chi connectivity index (χ4n) is 2.31. The first kappa shape index (κ1) is 19.8. The van der Waals surface area contributed by atoms with Crippen molar-refractivity contribution in [1.29, 1.82) is 0 Å². The molecule has 0 bridgehead atoms. The smallest absolute Gasteiger partial charge is 0.326 e. The van der Waals surface area contributed by atoms with Gasteiger partial charge in [-0.25, -0.2) is 13.2 Å². The van der Waals surface area contributed by atoms with Crippen LogP contribution in [0.5, 0.6) is 0 Å². The van der Waals surface area contributed by atoms with Crippen LogP contribution in [0.4, 0.5) is 0 Å². The van der Waals surface area contributed by atoms with Crippen molar-refractivity contribution >= 4 is 33.2 Å². The van der Waals surface area contributed by atoms with Crippen molar-refractivity contribution in [3.05, 3.63) is 16.3 Å². The molecule has 9 nitrogen and oxygen atoms in total. The zero-order valence-electron chi connectivity index (χ0n) is 13.6. The Morgan fingerprint density at radius 3 is 2.72 bits per heavy atom. The van der Waals surface area contributed by atoms with Crippen molar-refractivity contribution in [2.75, 3.05) is 40.0 Å². The zero-order chi connectivity index (χ0) is 18.4. The van der Waals surface area contributed by atoms with Gasteiger partial charge in [0.1, 0.15) is 15.8 Å². The van der Waals surface area contributed by atoms with E-state index in [9.17, 15) is 23.1 Å². The second kappa shape index (κ2) is 8.72. The molecular formula is C14H20N2O7S2. The summed E-state index contributed by atoms with van der Waals surface area (Å²) in [7, 11) is -2.41. The lowest BCUT2D eigenvalue weighted by Crippen LogP contribution is -2.43. The Balaban J connectivity index is 2.19. The molecule has 2 heterocycles. The Bertz CT molecular complexity index is 711. The largest absolute Gasteiger partial charge is 0.480 e. The standard InChI is InChI=1S/C14H20N2O7S2/c1-22-6-2-10(14(18)19)15-13(17)12-11(3-9-24-12)25(20,21)16-4-7-23-8-5-16/h3,9-10H,2,4-8H2,1H3,(H,15,17)(H,18,19). The van der Waals surface area contributed by atoms with Crippen molar-refractivity contribution in [2.24, 2.45) is 0 Å². The topological polar surface area (TPSA) is 122 Å². The van der Waals surface area contributed by atoms with E-state index >= 15 is 0 Å². The first-order chi connectivity index (χ1) is 11.9. The van der Waals surface area contributed by atoms with Gasteiger partial charge in [0.25, 0.3) is 5.91 Å². The summed E-state index contributed by atoms with van der Waals surface area (Å²) < 4.78 is 36.7. The lowest BCUT2D eigenvalue weighted by Gasteiger charge is -2.26. The van der Waals surface area contributed by atoms with Crippen LogP contribution < -0.4 is 5.32 Å². The summed E-state index contributed by atoms with van der Waals surface area (Å²) in [5.41, 5.74) is 0. The summed E-state index contributed by atoms with van der Waals surface area (Å²) >= 11 is 0.953. The van der Waals surface area contributed by atoms with E-state index in [4.69, 9.17) is 9.47 Å². The number of nitrogens with one attached hydrogen (secondary N) is 1. The number of thiophene rings is 1. The zero-order valence-corrected chi connectivity index (χ0v) is 15.3. The monoisotopic (exact) mass is 392 g/mol. The maximum absolute atomic E-state index is 12.7. The van der Waals surface area contributed by atoms with E-state index in [1.54, 1.807) is 0 Å². The third-order valence-electron chi connectivity index (χ3n) is 3.64. The van der Waals surface area contributed by atoms with Crippen LogP contribution in [0, 0.1) is 0 Å². The Morgan fingerprint density at radius 2 is 2.12 bits per heavy atom. The second-order valence-electron chi connectivity index (χ2n) is 5.28. The fourth-order valence-corrected chi connectivity index (χ4v) is 5.02. The first-order valence-corrected chi connectivity index (χ1v) is 9.88. The number of hydrogen-bond donors (Lipinski definition) is 2. The number of morpholine rings is 1. The van der Waals surface area contributed by atoms with Gasteiger partial charge in [0.2, 0.25) is 10.0 Å². The number of sulfonamides is 1. The molecule has 0 aromatic carbocycles. The minimum Gasteiger partial charge on any atom is -0.480 e. The number of carbonyl (C=O) groups excluding carboxylic acids is 1. The predicted molar refractivity (Wildman–Crippen MR) is 89.3 cm³/mol. The van der Waals surface area contributed by atoms with E-state index in [1.165, 1.54) is 22.9 Å². The van der Waals surface area contributed by atoms with Crippen LogP contribution in [0.2, 0.25) is 0 Å². The number of rotatable bonds is 8. The molecule has 1 fully saturated rings. The number of amides is 1. The Kier molecular flexibility index (Phi) is 6.90. The third-order valence-corrected chi connectivity index (χ3v) is 6.62. The highest BCUT2D eigenvalue weighted by Crippen LogP contribution is 2.26. The number of methoxy groups -OCH3 is 1. The summed E-state index contributed by atoms with van der Waals surface area (Å²) in [6.45, 7) is 1.17. The second-order valence-corrected chi connectivity index (χ2v) is 8.10. The van der Waals surface area contributed by atoms with Gasteiger partial charge >= 0.3 is 5.97 Å². The van der Waals surface area contributed by atoms with Crippen molar-refractivity contribution in [3.63, 3.8) is 0 Å². The molecular weight excluding hydrogens is 372 g/mol. The summed E-state index contributed by atoms with van der Waals surface area (Å²) in [6.07, 6.45) is 0.0779. The lowest BCUT2D eigenvalue weighted by molar-refractivity contribution is -0.139. The number of hydrogen-bond acceptors (Lipinski definition) is 7. The molecule has 0 radical (unpaired) electrons. The molecule has 1 amide bonds. The highest BCUT2D eigenvalue weighted by molar-refractivity contribution is 7.89. The fraction of sp³-hybridized carbons (Fsp3) is 0.571. The highest BCUT2D eigenvalue weighted by atomic mass is 32.2. The van der Waals surface area contributed by atoms with Crippen LogP contribution in [0.25, 0.3) is 0 Å². The molecule has 11 heteroatoms. The summed E-state index contributed by atoms with van der Waals surface area (Å²) in [6, 6.07) is 0.198. The highest BCUT2D eigenvalue weighted by Gasteiger charge is 2.32. The minimum atomic E-state index is -3.84. The predicted octanol–water partition coefficient (Wildman–Crippen LogP) is -0.0115. The molecule has 0 aliphatic carbocycles. The van der Waals surface area contributed by atoms with Crippen LogP contribution in [0.15, 0.2) is 16.3 Å². The van der Waals surface area contributed by atoms with Gasteiger partial charge in [-0.05, 0) is 11.4 Å². The number of ether oxygens (including phenoxy) is 2. The van der Waals surface area contributed by atoms with E-state index in [-0.39, 0.29) is 35.9 Å². The summed E-state index contributed by atoms with van der Waals surface area (Å²) in [4.78, 5) is 23.5. The molecule has 140 valence electrons. The average molecular weight is 392 g/mol. The Morgan fingerprint density at radius 1 is 1.44 bits per heavy atom. The van der Waals surface area contributed by atoms with Crippen LogP contribution in [-0.4, -0.2) is 75.8 Å². The molecule has 1 aliphatic rings. The third kappa shape index (κ3) is 4.76. The van der Waals surface area contributed by atoms with Gasteiger partial charge in [-0.1, -0.05) is 0 Å². The van der Waals surface area contributed by atoms with E-state index in [2.05, 4.69) is 5.32 Å². The van der Waals surface area contributed by atoms with Crippen LogP contribution in [0.1, 0.15) is 16.1 Å². The normalized spacial score (nSPS) is 17.2. The lowest BCUT2D eigenvalue weighted by atomic mass is 10.2. The molecule has 1 aromatic heterocycles. The van der Waals surface area contributed by atoms with Crippen molar-refractivity contribution in [1.82, 2.24) is 9.62 Å². The summed E-state index contributed by atoms with van der Waals surface area (Å²) in [5.74, 6) is -1.94. The quantitative estimate of drug-likeness (QED) is 0.638. The Labute approximate surface area is 149 Å². The van der Waals surface area contributed by atoms with Crippen LogP contribution >= 0.6 is 11.3 Å². The van der Waals surface area contributed by atoms with Crippen LogP contribution in [-0.2, 0) is 24.3 Å². The number of carbonyl (C=O) groups is 2. The molecule has 1 saturated heterocycles. The Hall–Kier alpha value is -1.53. The maximum Gasteiger partial charge on any atom is 0.326 e. The van der Waals surface area contributed by atoms with E-state index in [1.807, 2.05) is 0 Å². The van der Waals surface area contributed by atoms with Gasteiger partial charge in [0, 0.05) is 33.2 Å². The van der Waals surface area contributed by atoms with Crippen molar-refractivity contribution in [2.45, 2.75) is 17.4 Å². The molecule has 25 heavy (non-hydrogen) atoms. The van der Waals surface area contributed by atoms with Crippen molar-refractivity contribution in [3.8, 4) is 0 Å². The molecule has 0 spiro atoms. The minimum absolute atomic E-state index is 0.0323. The SMILES string of the molecule is COCCC(NC(=O)c1sccc1S(=O)(=O)N1CCOCC1)C(=O)O. The average Bonchev–Trinajstić information content (AvgIpc) is 3.09. The van der Waals surface area contributed by atoms with Gasteiger partial charge in [-0.2, -0.15) is 4.31 Å². The van der Waals surface area contributed by atoms with Gasteiger partial charge in [0.15, 0.2) is 0 Å². The van der Waals surface area contributed by atoms with Gasteiger partial charge in [0.05, 0.1) is 13.2 Å². The molecule has 1 aromatic rings. The van der Waals surface area contributed by atoms with Crippen molar-refractivity contribution < 1.29 is 32.6 Å². The van der Waals surface area contributed by atoms with Gasteiger partial charge in [-0.15, -0.1) is 11.3 Å². The molecule has 2 N–H and O–H groups in total. The molecule has 1 unspecified atom stereocenters. The number of carboxylic acids is 1. The maximum atomic E-state index is 12.7. The molecule has 1 atom stereocenters. The molecule has 1 aliphatic heterocycles. The van der Waals surface area contributed by atoms with E-state index in [0.29, 0.717) is 13.2 Å². The van der Waals surface area contributed by atoms with Crippen LogP contribution in [0.3, 0.4) is 0 Å². The number of nitrogens with zero attached hydrogens (tertiary/aromatic N) is 1. The number of carboxylic acid groups (broad SMARTS) is 1. The van der Waals surface area contributed by atoms with E-state index < -0.39 is 27.9 Å².